The third kappa shape index (κ3) is 25.3. The number of carboxylic acid groups (broad SMARTS) is 5. The van der Waals surface area contributed by atoms with E-state index in [1.54, 1.807) is 30.3 Å². The van der Waals surface area contributed by atoms with Gasteiger partial charge >= 0.3 is 35.9 Å². The number of carboxylic acids is 5. The van der Waals surface area contributed by atoms with Gasteiger partial charge in [0.05, 0.1) is 19.6 Å². The summed E-state index contributed by atoms with van der Waals surface area (Å²) in [7, 11) is 0. The first kappa shape index (κ1) is 56.4. The summed E-state index contributed by atoms with van der Waals surface area (Å²) in [5, 5.41) is 61.4. The molecule has 0 aromatic heterocycles. The van der Waals surface area contributed by atoms with Gasteiger partial charge in [0.15, 0.2) is 0 Å². The van der Waals surface area contributed by atoms with Gasteiger partial charge in [-0.15, -0.1) is 0 Å². The van der Waals surface area contributed by atoms with Crippen LogP contribution >= 0.6 is 12.6 Å². The van der Waals surface area contributed by atoms with E-state index >= 15 is 0 Å². The molecule has 0 aliphatic rings. The van der Waals surface area contributed by atoms with Crippen molar-refractivity contribution in [1.29, 1.82) is 0 Å². The first-order valence-electron chi connectivity index (χ1n) is 19.9. The molecule has 0 heterocycles. The lowest BCUT2D eigenvalue weighted by atomic mass is 10.0. The number of amides is 7. The predicted octanol–water partition coefficient (Wildman–Crippen LogP) is -3.60. The van der Waals surface area contributed by atoms with Crippen molar-refractivity contribution in [2.75, 3.05) is 45.3 Å². The largest absolute Gasteiger partial charge is 0.481 e. The molecule has 1 rings (SSSR count). The van der Waals surface area contributed by atoms with E-state index in [9.17, 15) is 63.0 Å². The van der Waals surface area contributed by atoms with E-state index in [0.29, 0.717) is 12.0 Å². The average Bonchev–Trinajstić information content (AvgIpc) is 3.24. The molecule has 65 heavy (non-hydrogen) atoms. The van der Waals surface area contributed by atoms with E-state index in [-0.39, 0.29) is 64.4 Å². The van der Waals surface area contributed by atoms with E-state index < -0.39 is 127 Å². The number of aliphatic carboxylic acids is 5. The number of thiol groups is 1. The number of nitrogens with two attached hydrogens (primary N) is 1. The Morgan fingerprint density at radius 1 is 0.569 bits per heavy atom. The van der Waals surface area contributed by atoms with Crippen LogP contribution in [0.25, 0.3) is 0 Å². The van der Waals surface area contributed by atoms with Crippen LogP contribution in [0.3, 0.4) is 0 Å². The topological polar surface area (TPSA) is 418 Å². The average molecular weight is 945 g/mol. The molecular formula is C38H56N8O18S. The Labute approximate surface area is 376 Å². The highest BCUT2D eigenvalue weighted by atomic mass is 32.1. The normalized spacial score (nSPS) is 13.5. The molecule has 7 amide bonds. The van der Waals surface area contributed by atoms with Gasteiger partial charge in [-0.05, 0) is 24.8 Å². The van der Waals surface area contributed by atoms with Crippen molar-refractivity contribution in [3.05, 3.63) is 35.9 Å². The maximum absolute atomic E-state index is 13.2. The van der Waals surface area contributed by atoms with Crippen LogP contribution in [0, 0.1) is 0 Å². The minimum absolute atomic E-state index is 0.0301. The summed E-state index contributed by atoms with van der Waals surface area (Å²) in [4.78, 5) is 132. The minimum Gasteiger partial charge on any atom is -0.481 e. The number of hydrogen-bond acceptors (Lipinski definition) is 15. The van der Waals surface area contributed by atoms with Crippen molar-refractivity contribution in [1.82, 2.24) is 37.2 Å². The van der Waals surface area contributed by atoms with E-state index in [0.717, 1.165) is 0 Å². The molecule has 6 atom stereocenters. The maximum Gasteiger partial charge on any atom is 0.327 e. The summed E-state index contributed by atoms with van der Waals surface area (Å²) in [6.07, 6.45) is -2.25. The zero-order valence-electron chi connectivity index (χ0n) is 35.0. The number of benzene rings is 1. The molecule has 0 aliphatic carbocycles. The van der Waals surface area contributed by atoms with Crippen LogP contribution in [0.5, 0.6) is 0 Å². The molecular weight excluding hydrogens is 889 g/mol. The predicted molar refractivity (Wildman–Crippen MR) is 225 cm³/mol. The van der Waals surface area contributed by atoms with Gasteiger partial charge in [-0.3, -0.25) is 33.6 Å². The van der Waals surface area contributed by atoms with Crippen molar-refractivity contribution < 1.29 is 87.7 Å². The zero-order chi connectivity index (χ0) is 48.9. The summed E-state index contributed by atoms with van der Waals surface area (Å²) >= 11 is 3.82. The summed E-state index contributed by atoms with van der Waals surface area (Å²) in [6.45, 7) is 0.00919. The molecule has 0 spiro atoms. The van der Waals surface area contributed by atoms with Gasteiger partial charge in [0.25, 0.3) is 0 Å². The Bertz CT molecular complexity index is 1790. The molecule has 0 radical (unpaired) electrons. The van der Waals surface area contributed by atoms with Gasteiger partial charge in [0, 0.05) is 57.7 Å². The van der Waals surface area contributed by atoms with Crippen molar-refractivity contribution in [3.8, 4) is 0 Å². The first-order valence-corrected chi connectivity index (χ1v) is 20.6. The van der Waals surface area contributed by atoms with Gasteiger partial charge in [0.1, 0.15) is 36.3 Å². The van der Waals surface area contributed by atoms with Crippen LogP contribution in [0.1, 0.15) is 50.5 Å². The van der Waals surface area contributed by atoms with Gasteiger partial charge in [-0.1, -0.05) is 30.3 Å². The van der Waals surface area contributed by atoms with E-state index in [2.05, 4.69) is 39.2 Å². The fraction of sp³-hybridized carbons (Fsp3) is 0.553. The molecule has 1 aromatic rings. The number of urea groups is 1. The Balaban J connectivity index is 2.49. The standard InChI is InChI=1S/C38H56N8O18S/c39-22(32(53)43-26(18-31(51)52)34(55)44-27(20-65)37(60)61)19-41-33(54)25(17-21-5-2-1-3-6-21)42-29(48)11-15-63-13-4-14-64-16-12-40-28(47)9-7-23(35(56)57)45-38(62)46-24(36(58)59)8-10-30(49)50/h1-3,5-6,22-27,65H,4,7-20,39H2,(H,40,47)(H,41,54)(H,42,48)(H,43,53)(H,44,55)(H,49,50)(H,51,52)(H,56,57)(H,58,59)(H,60,61)(H2,45,46,62)/t22-,23-,24-,25?,26-,27-/m0/s1. The Morgan fingerprint density at radius 2 is 1.14 bits per heavy atom. The number of hydrogen-bond donors (Lipinski definition) is 14. The maximum atomic E-state index is 13.2. The zero-order valence-corrected chi connectivity index (χ0v) is 35.9. The third-order valence-corrected chi connectivity index (χ3v) is 9.07. The lowest BCUT2D eigenvalue weighted by molar-refractivity contribution is -0.143. The van der Waals surface area contributed by atoms with Crippen LogP contribution in [0.4, 0.5) is 4.79 Å². The smallest absolute Gasteiger partial charge is 0.327 e. The molecule has 0 bridgehead atoms. The van der Waals surface area contributed by atoms with Crippen molar-refractivity contribution in [3.63, 3.8) is 0 Å². The summed E-state index contributed by atoms with van der Waals surface area (Å²) in [5.41, 5.74) is 6.58. The van der Waals surface area contributed by atoms with Gasteiger partial charge < -0.3 is 78.0 Å². The molecule has 14 N–H and O–H groups in total. The second-order valence-corrected chi connectivity index (χ2v) is 14.3. The number of nitrogens with one attached hydrogen (secondary N) is 7. The summed E-state index contributed by atoms with van der Waals surface area (Å²) in [5.74, 6) is -11.5. The molecule has 0 saturated carbocycles. The van der Waals surface area contributed by atoms with E-state index in [1.165, 1.54) is 0 Å². The van der Waals surface area contributed by atoms with Gasteiger partial charge in [0.2, 0.25) is 29.5 Å². The second kappa shape index (κ2) is 31.3. The highest BCUT2D eigenvalue weighted by Crippen LogP contribution is 2.06. The molecule has 0 saturated heterocycles. The first-order chi connectivity index (χ1) is 30.7. The van der Waals surface area contributed by atoms with Crippen LogP contribution < -0.4 is 43.0 Å². The van der Waals surface area contributed by atoms with E-state index in [1.807, 2.05) is 10.6 Å². The number of carbonyl (C=O) groups is 11. The molecule has 362 valence electrons. The summed E-state index contributed by atoms with van der Waals surface area (Å²) in [6, 6.07) is -1.45. The highest BCUT2D eigenvalue weighted by molar-refractivity contribution is 7.80. The fourth-order valence-corrected chi connectivity index (χ4v) is 5.52. The second-order valence-electron chi connectivity index (χ2n) is 14.0. The SMILES string of the molecule is N[C@@H](CNC(=O)C(Cc1ccccc1)NC(=O)CCOCCCOCCNC(=O)CC[C@H](NC(=O)N[C@@H](CCC(=O)O)C(=O)O)C(=O)O)C(=O)N[C@@H](CC(=O)O)C(=O)N[C@@H](CS)C(=O)O. The van der Waals surface area contributed by atoms with Crippen molar-refractivity contribution in [2.24, 2.45) is 5.73 Å². The van der Waals surface area contributed by atoms with Crippen LogP contribution in [-0.2, 0) is 63.8 Å². The number of ether oxygens (including phenoxy) is 2. The lowest BCUT2D eigenvalue weighted by Gasteiger charge is -2.22. The Morgan fingerprint density at radius 3 is 1.69 bits per heavy atom. The molecule has 0 aliphatic heterocycles. The fourth-order valence-electron chi connectivity index (χ4n) is 5.27. The Hall–Kier alpha value is -6.58. The lowest BCUT2D eigenvalue weighted by Crippen LogP contribution is -2.57. The van der Waals surface area contributed by atoms with E-state index in [4.69, 9.17) is 30.5 Å². The third-order valence-electron chi connectivity index (χ3n) is 8.71. The molecule has 26 nitrogen and oxygen atoms in total. The monoisotopic (exact) mass is 944 g/mol. The van der Waals surface area contributed by atoms with Crippen LogP contribution in [0.15, 0.2) is 30.3 Å². The molecule has 1 unspecified atom stereocenters. The number of rotatable bonds is 34. The number of carbonyl (C=O) groups excluding carboxylic acids is 6. The van der Waals surface area contributed by atoms with Crippen molar-refractivity contribution >= 4 is 78.0 Å². The van der Waals surface area contributed by atoms with Crippen LogP contribution in [0.2, 0.25) is 0 Å². The Kier molecular flexibility index (Phi) is 27.2. The molecule has 1 aromatic carbocycles. The highest BCUT2D eigenvalue weighted by Gasteiger charge is 2.30. The molecule has 0 fully saturated rings. The quantitative estimate of drug-likeness (QED) is 0.0234. The van der Waals surface area contributed by atoms with Gasteiger partial charge in [-0.25, -0.2) is 19.2 Å². The minimum atomic E-state index is -1.70. The van der Waals surface area contributed by atoms with Crippen molar-refractivity contribution in [2.45, 2.75) is 87.6 Å². The van der Waals surface area contributed by atoms with Gasteiger partial charge in [-0.2, -0.15) is 12.6 Å². The molecule has 27 heteroatoms. The summed E-state index contributed by atoms with van der Waals surface area (Å²) < 4.78 is 10.9. The van der Waals surface area contributed by atoms with Crippen LogP contribution in [-0.4, -0.2) is 172 Å².